The van der Waals surface area contributed by atoms with E-state index < -0.39 is 11.9 Å². The van der Waals surface area contributed by atoms with Gasteiger partial charge in [-0.2, -0.15) is 0 Å². The average molecular weight is 285 g/mol. The van der Waals surface area contributed by atoms with Crippen molar-refractivity contribution in [1.29, 1.82) is 0 Å². The van der Waals surface area contributed by atoms with Crippen molar-refractivity contribution < 1.29 is 19.5 Å². The number of carbonyl (C=O) groups is 3. The van der Waals surface area contributed by atoms with Gasteiger partial charge in [-0.1, -0.05) is 6.92 Å². The summed E-state index contributed by atoms with van der Waals surface area (Å²) in [6, 6.07) is 0. The van der Waals surface area contributed by atoms with Crippen molar-refractivity contribution in [3.8, 4) is 0 Å². The summed E-state index contributed by atoms with van der Waals surface area (Å²) in [5.74, 6) is -2.47. The molecule has 0 saturated carbocycles. The number of nitrogens with zero attached hydrogens (tertiary/aromatic N) is 2. The lowest BCUT2D eigenvalue weighted by molar-refractivity contribution is -0.151. The molecular weight excluding hydrogens is 262 g/mol. The fourth-order valence-corrected chi connectivity index (χ4v) is 2.03. The third-order valence-electron chi connectivity index (χ3n) is 3.36. The molecule has 1 aliphatic rings. The molecule has 0 bridgehead atoms. The van der Waals surface area contributed by atoms with Gasteiger partial charge in [0.1, 0.15) is 5.92 Å². The molecule has 1 heterocycles. The van der Waals surface area contributed by atoms with E-state index >= 15 is 0 Å². The Morgan fingerprint density at radius 2 is 1.80 bits per heavy atom. The van der Waals surface area contributed by atoms with E-state index in [9.17, 15) is 14.4 Å². The summed E-state index contributed by atoms with van der Waals surface area (Å²) in [6.07, 6.45) is 0.904. The van der Waals surface area contributed by atoms with Gasteiger partial charge in [-0.15, -0.1) is 0 Å². The third kappa shape index (κ3) is 4.80. The highest BCUT2D eigenvalue weighted by Gasteiger charge is 2.29. The Labute approximate surface area is 118 Å². The minimum atomic E-state index is -1.10. The number of rotatable bonds is 6. The lowest BCUT2D eigenvalue weighted by Crippen LogP contribution is -2.52. The molecule has 0 aromatic rings. The molecule has 7 heteroatoms. The van der Waals surface area contributed by atoms with Gasteiger partial charge in [-0.25, -0.2) is 0 Å². The fraction of sp³-hybridized carbons (Fsp3) is 0.769. The van der Waals surface area contributed by atoms with Crippen molar-refractivity contribution in [1.82, 2.24) is 15.1 Å². The van der Waals surface area contributed by atoms with Crippen LogP contribution in [0.2, 0.25) is 0 Å². The van der Waals surface area contributed by atoms with Crippen molar-refractivity contribution in [2.45, 2.75) is 20.3 Å². The minimum absolute atomic E-state index is 0.00877. The normalized spacial score (nSPS) is 17.6. The van der Waals surface area contributed by atoms with Gasteiger partial charge in [0.15, 0.2) is 0 Å². The van der Waals surface area contributed by atoms with Crippen molar-refractivity contribution in [2.24, 2.45) is 5.92 Å². The van der Waals surface area contributed by atoms with Crippen LogP contribution in [0.3, 0.4) is 0 Å². The van der Waals surface area contributed by atoms with Crippen LogP contribution >= 0.6 is 0 Å². The second kappa shape index (κ2) is 7.84. The molecule has 2 amide bonds. The zero-order valence-corrected chi connectivity index (χ0v) is 12.1. The van der Waals surface area contributed by atoms with Gasteiger partial charge in [0, 0.05) is 32.7 Å². The van der Waals surface area contributed by atoms with E-state index in [2.05, 4.69) is 5.32 Å². The van der Waals surface area contributed by atoms with Gasteiger partial charge in [-0.05, 0) is 13.3 Å². The highest BCUT2D eigenvalue weighted by atomic mass is 16.4. The second-order valence-electron chi connectivity index (χ2n) is 5.01. The maximum Gasteiger partial charge on any atom is 0.315 e. The van der Waals surface area contributed by atoms with Crippen LogP contribution in [0, 0.1) is 5.92 Å². The third-order valence-corrected chi connectivity index (χ3v) is 3.36. The van der Waals surface area contributed by atoms with Crippen LogP contribution in [0.5, 0.6) is 0 Å². The molecule has 1 aliphatic heterocycles. The van der Waals surface area contributed by atoms with Gasteiger partial charge in [-0.3, -0.25) is 19.3 Å². The molecular formula is C13H23N3O4. The molecule has 0 radical (unpaired) electrons. The summed E-state index contributed by atoms with van der Waals surface area (Å²) in [5, 5.41) is 11.6. The zero-order valence-electron chi connectivity index (χ0n) is 12.1. The Bertz CT molecular complexity index is 365. The van der Waals surface area contributed by atoms with E-state index in [0.717, 1.165) is 6.42 Å². The first-order valence-corrected chi connectivity index (χ1v) is 6.96. The predicted molar refractivity (Wildman–Crippen MR) is 73.1 cm³/mol. The molecule has 1 atom stereocenters. The Balaban J connectivity index is 2.34. The Morgan fingerprint density at radius 3 is 2.30 bits per heavy atom. The van der Waals surface area contributed by atoms with E-state index in [1.165, 1.54) is 6.92 Å². The molecule has 1 unspecified atom stereocenters. The molecule has 1 saturated heterocycles. The number of aliphatic carboxylic acids is 1. The lowest BCUT2D eigenvalue weighted by atomic mass is 10.1. The summed E-state index contributed by atoms with van der Waals surface area (Å²) >= 11 is 0. The molecule has 7 nitrogen and oxygen atoms in total. The SMILES string of the molecule is CCCNC(=O)CN1CCN(C(=O)C(C)C(=O)O)CC1. The van der Waals surface area contributed by atoms with E-state index in [4.69, 9.17) is 5.11 Å². The maximum atomic E-state index is 11.9. The van der Waals surface area contributed by atoms with Gasteiger partial charge < -0.3 is 15.3 Å². The summed E-state index contributed by atoms with van der Waals surface area (Å²) < 4.78 is 0. The first-order chi connectivity index (χ1) is 9.45. The first-order valence-electron chi connectivity index (χ1n) is 6.96. The van der Waals surface area contributed by atoms with Crippen LogP contribution in [0.4, 0.5) is 0 Å². The molecule has 1 fully saturated rings. The number of piperazine rings is 1. The summed E-state index contributed by atoms with van der Waals surface area (Å²) in [5.41, 5.74) is 0. The first kappa shape index (κ1) is 16.4. The topological polar surface area (TPSA) is 90.0 Å². The van der Waals surface area contributed by atoms with Crippen molar-refractivity contribution in [3.63, 3.8) is 0 Å². The van der Waals surface area contributed by atoms with E-state index in [1.54, 1.807) is 4.90 Å². The maximum absolute atomic E-state index is 11.9. The predicted octanol–water partition coefficient (Wildman–Crippen LogP) is -0.622. The fourth-order valence-electron chi connectivity index (χ4n) is 2.03. The molecule has 0 aromatic heterocycles. The Morgan fingerprint density at radius 1 is 1.20 bits per heavy atom. The monoisotopic (exact) mass is 285 g/mol. The number of hydrogen-bond acceptors (Lipinski definition) is 4. The number of nitrogens with one attached hydrogen (secondary N) is 1. The molecule has 0 aliphatic carbocycles. The smallest absolute Gasteiger partial charge is 0.315 e. The minimum Gasteiger partial charge on any atom is -0.481 e. The van der Waals surface area contributed by atoms with Crippen molar-refractivity contribution in [3.05, 3.63) is 0 Å². The van der Waals surface area contributed by atoms with Gasteiger partial charge >= 0.3 is 5.97 Å². The Hall–Kier alpha value is -1.63. The zero-order chi connectivity index (χ0) is 15.1. The number of carbonyl (C=O) groups excluding carboxylic acids is 2. The molecule has 20 heavy (non-hydrogen) atoms. The van der Waals surface area contributed by atoms with Crippen LogP contribution in [0.1, 0.15) is 20.3 Å². The number of carboxylic acid groups (broad SMARTS) is 1. The van der Waals surface area contributed by atoms with Crippen LogP contribution in [0.15, 0.2) is 0 Å². The molecule has 114 valence electrons. The second-order valence-corrected chi connectivity index (χ2v) is 5.01. The van der Waals surface area contributed by atoms with E-state index in [-0.39, 0.29) is 11.8 Å². The largest absolute Gasteiger partial charge is 0.481 e. The number of amides is 2. The molecule has 1 rings (SSSR count). The lowest BCUT2D eigenvalue weighted by Gasteiger charge is -2.35. The van der Waals surface area contributed by atoms with Crippen molar-refractivity contribution in [2.75, 3.05) is 39.3 Å². The standard InChI is InChI=1S/C13H23N3O4/c1-3-4-14-11(17)9-15-5-7-16(8-6-15)12(18)10(2)13(19)20/h10H,3-9H2,1-2H3,(H,14,17)(H,19,20). The van der Waals surface area contributed by atoms with Crippen LogP contribution in [-0.4, -0.2) is 72.0 Å². The van der Waals surface area contributed by atoms with Gasteiger partial charge in [0.05, 0.1) is 6.54 Å². The van der Waals surface area contributed by atoms with Gasteiger partial charge in [0.2, 0.25) is 11.8 Å². The summed E-state index contributed by atoms with van der Waals surface area (Å²) in [6.45, 7) is 6.53. The molecule has 0 spiro atoms. The van der Waals surface area contributed by atoms with Crippen LogP contribution in [0.25, 0.3) is 0 Å². The van der Waals surface area contributed by atoms with Crippen LogP contribution < -0.4 is 5.32 Å². The molecule has 0 aromatic carbocycles. The molecule has 2 N–H and O–H groups in total. The quantitative estimate of drug-likeness (QED) is 0.635. The highest BCUT2D eigenvalue weighted by Crippen LogP contribution is 2.07. The van der Waals surface area contributed by atoms with Gasteiger partial charge in [0.25, 0.3) is 0 Å². The number of carboxylic acids is 1. The highest BCUT2D eigenvalue weighted by molar-refractivity contribution is 5.96. The van der Waals surface area contributed by atoms with Crippen LogP contribution in [-0.2, 0) is 14.4 Å². The van der Waals surface area contributed by atoms with E-state index in [1.807, 2.05) is 11.8 Å². The summed E-state index contributed by atoms with van der Waals surface area (Å²) in [4.78, 5) is 37.7. The Kier molecular flexibility index (Phi) is 6.44. The van der Waals surface area contributed by atoms with E-state index in [0.29, 0.717) is 39.3 Å². The number of hydrogen-bond donors (Lipinski definition) is 2. The average Bonchev–Trinajstić information content (AvgIpc) is 2.44. The summed E-state index contributed by atoms with van der Waals surface area (Å²) in [7, 11) is 0. The van der Waals surface area contributed by atoms with Crippen molar-refractivity contribution >= 4 is 17.8 Å².